The van der Waals surface area contributed by atoms with Crippen LogP contribution in [-0.2, 0) is 4.74 Å². The van der Waals surface area contributed by atoms with Crippen LogP contribution in [0.1, 0.15) is 39.6 Å². The van der Waals surface area contributed by atoms with Gasteiger partial charge in [-0.3, -0.25) is 4.90 Å². The van der Waals surface area contributed by atoms with E-state index < -0.39 is 0 Å². The minimum atomic E-state index is -0.258. The first-order valence-corrected chi connectivity index (χ1v) is 13.5. The maximum absolute atomic E-state index is 14.6. The summed E-state index contributed by atoms with van der Waals surface area (Å²) in [5.74, 6) is 0.230. The van der Waals surface area contributed by atoms with E-state index >= 15 is 0 Å². The Morgan fingerprint density at radius 2 is 1.81 bits per heavy atom. The molecule has 2 atom stereocenters. The molecule has 0 aliphatic carbocycles. The minimum Gasteiger partial charge on any atom is -0.369 e. The Hall–Kier alpha value is -3.17. The summed E-state index contributed by atoms with van der Waals surface area (Å²) in [4.78, 5) is 11.6. The third kappa shape index (κ3) is 5.15. The van der Waals surface area contributed by atoms with Crippen LogP contribution < -0.4 is 15.1 Å². The standard InChI is InChI=1S/C28H36FN7O.H2/c1-3-23-5-4-7-35(23)25-15-21(29)16-26(18-25)36-19-30-28(32-36)31-22-13-20(2)14-24(17-22)33-8-10-34(11-9-33)27-6-12-37-27;/h13-19,23,27H,3-12H2,1-2H3,(H,31,32);1H. The molecule has 6 rings (SSSR count). The molecule has 0 saturated carbocycles. The number of nitrogens with zero attached hydrogens (tertiary/aromatic N) is 6. The van der Waals surface area contributed by atoms with Crippen molar-refractivity contribution in [3.63, 3.8) is 0 Å². The van der Waals surface area contributed by atoms with Crippen LogP contribution in [0.2, 0.25) is 0 Å². The molecule has 0 bridgehead atoms. The molecular weight excluding hydrogens is 469 g/mol. The molecule has 3 aliphatic rings. The van der Waals surface area contributed by atoms with Crippen molar-refractivity contribution in [2.75, 3.05) is 54.4 Å². The third-order valence-corrected chi connectivity index (χ3v) is 7.88. The van der Waals surface area contributed by atoms with Crippen LogP contribution in [0.4, 0.5) is 27.4 Å². The van der Waals surface area contributed by atoms with Crippen molar-refractivity contribution in [2.45, 2.75) is 51.8 Å². The summed E-state index contributed by atoms with van der Waals surface area (Å²) in [5.41, 5.74) is 4.91. The molecule has 1 aromatic heterocycles. The van der Waals surface area contributed by atoms with Crippen molar-refractivity contribution in [1.29, 1.82) is 0 Å². The number of aryl methyl sites for hydroxylation is 1. The van der Waals surface area contributed by atoms with E-state index in [2.05, 4.69) is 62.1 Å². The number of hydrogen-bond donors (Lipinski definition) is 1. The van der Waals surface area contributed by atoms with Gasteiger partial charge in [0.1, 0.15) is 18.4 Å². The lowest BCUT2D eigenvalue weighted by Crippen LogP contribution is -2.54. The minimum absolute atomic E-state index is 0. The lowest BCUT2D eigenvalue weighted by Gasteiger charge is -2.43. The molecule has 8 nitrogen and oxygen atoms in total. The lowest BCUT2D eigenvalue weighted by molar-refractivity contribution is -0.145. The molecule has 0 spiro atoms. The smallest absolute Gasteiger partial charge is 0.246 e. The first-order valence-electron chi connectivity index (χ1n) is 13.5. The van der Waals surface area contributed by atoms with Crippen molar-refractivity contribution in [3.8, 4) is 5.69 Å². The maximum Gasteiger partial charge on any atom is 0.246 e. The summed E-state index contributed by atoms with van der Waals surface area (Å²) >= 11 is 0. The Labute approximate surface area is 219 Å². The van der Waals surface area contributed by atoms with Crippen molar-refractivity contribution >= 4 is 23.0 Å². The Balaban J connectivity index is 0.00000294. The van der Waals surface area contributed by atoms with Gasteiger partial charge in [0.2, 0.25) is 5.95 Å². The lowest BCUT2D eigenvalue weighted by atomic mass is 10.1. The van der Waals surface area contributed by atoms with Crippen molar-refractivity contribution in [3.05, 3.63) is 54.1 Å². The first-order chi connectivity index (χ1) is 18.1. The van der Waals surface area contributed by atoms with Gasteiger partial charge in [0.25, 0.3) is 0 Å². The molecule has 0 radical (unpaired) electrons. The molecule has 1 N–H and O–H groups in total. The molecule has 4 heterocycles. The van der Waals surface area contributed by atoms with Gasteiger partial charge in [-0.2, -0.15) is 4.98 Å². The van der Waals surface area contributed by atoms with Crippen LogP contribution >= 0.6 is 0 Å². The highest BCUT2D eigenvalue weighted by atomic mass is 19.1. The van der Waals surface area contributed by atoms with Crippen molar-refractivity contribution < 1.29 is 10.6 Å². The molecule has 2 aromatic carbocycles. The molecule has 3 aliphatic heterocycles. The van der Waals surface area contributed by atoms with Gasteiger partial charge in [-0.1, -0.05) is 6.92 Å². The molecule has 37 heavy (non-hydrogen) atoms. The summed E-state index contributed by atoms with van der Waals surface area (Å²) in [5, 5.41) is 7.97. The van der Waals surface area contributed by atoms with E-state index in [0.29, 0.717) is 23.9 Å². The van der Waals surface area contributed by atoms with Gasteiger partial charge in [0.05, 0.1) is 12.3 Å². The fourth-order valence-corrected chi connectivity index (χ4v) is 5.83. The van der Waals surface area contributed by atoms with Crippen LogP contribution in [-0.4, -0.2) is 71.3 Å². The van der Waals surface area contributed by atoms with Gasteiger partial charge in [-0.25, -0.2) is 9.07 Å². The number of rotatable bonds is 7. The summed E-state index contributed by atoms with van der Waals surface area (Å²) < 4.78 is 21.9. The predicted octanol–water partition coefficient (Wildman–Crippen LogP) is 4.95. The van der Waals surface area contributed by atoms with Gasteiger partial charge in [0, 0.05) is 63.7 Å². The van der Waals surface area contributed by atoms with Crippen LogP contribution in [0.3, 0.4) is 0 Å². The van der Waals surface area contributed by atoms with Gasteiger partial charge >= 0.3 is 0 Å². The SMILES string of the molecule is CCC1CCCN1c1cc(F)cc(-n2cnc(Nc3cc(C)cc(N4CCN(C5CCO5)CC4)c3)n2)c1.[HH]. The predicted molar refractivity (Wildman–Crippen MR) is 147 cm³/mol. The van der Waals surface area contributed by atoms with Gasteiger partial charge in [0.15, 0.2) is 0 Å². The average molecular weight is 508 g/mol. The second kappa shape index (κ2) is 10.3. The quantitative estimate of drug-likeness (QED) is 0.485. The van der Waals surface area contributed by atoms with E-state index in [9.17, 15) is 4.39 Å². The molecule has 3 fully saturated rings. The Bertz CT molecular complexity index is 1240. The zero-order chi connectivity index (χ0) is 25.4. The normalized spacial score (nSPS) is 22.4. The Morgan fingerprint density at radius 1 is 1.00 bits per heavy atom. The second-order valence-corrected chi connectivity index (χ2v) is 10.4. The Kier molecular flexibility index (Phi) is 6.73. The third-order valence-electron chi connectivity index (χ3n) is 7.88. The summed E-state index contributed by atoms with van der Waals surface area (Å²) in [6.07, 6.45) is 6.46. The van der Waals surface area contributed by atoms with E-state index in [1.165, 1.54) is 17.3 Å². The van der Waals surface area contributed by atoms with Gasteiger partial charge < -0.3 is 19.9 Å². The molecule has 0 amide bonds. The topological polar surface area (TPSA) is 61.7 Å². The number of piperazine rings is 1. The highest BCUT2D eigenvalue weighted by molar-refractivity contribution is 5.64. The second-order valence-electron chi connectivity index (χ2n) is 10.4. The number of ether oxygens (including phenoxy) is 1. The van der Waals surface area contributed by atoms with Gasteiger partial charge in [-0.05, 0) is 68.1 Å². The van der Waals surface area contributed by atoms with E-state index in [4.69, 9.17) is 4.74 Å². The highest BCUT2D eigenvalue weighted by Crippen LogP contribution is 2.30. The van der Waals surface area contributed by atoms with E-state index in [1.54, 1.807) is 17.1 Å². The summed E-state index contributed by atoms with van der Waals surface area (Å²) in [7, 11) is 0. The number of nitrogens with one attached hydrogen (secondary N) is 1. The summed E-state index contributed by atoms with van der Waals surface area (Å²) in [6.45, 7) is 10.1. The fraction of sp³-hybridized carbons (Fsp3) is 0.500. The molecule has 3 saturated heterocycles. The number of hydrogen-bond acceptors (Lipinski definition) is 7. The van der Waals surface area contributed by atoms with Crippen LogP contribution in [0, 0.1) is 12.7 Å². The largest absolute Gasteiger partial charge is 0.369 e. The number of benzene rings is 2. The summed E-state index contributed by atoms with van der Waals surface area (Å²) in [6, 6.07) is 12.1. The highest BCUT2D eigenvalue weighted by Gasteiger charge is 2.29. The van der Waals surface area contributed by atoms with Crippen LogP contribution in [0.5, 0.6) is 0 Å². The van der Waals surface area contributed by atoms with E-state index in [0.717, 1.165) is 76.4 Å². The van der Waals surface area contributed by atoms with Crippen LogP contribution in [0.15, 0.2) is 42.7 Å². The van der Waals surface area contributed by atoms with Crippen molar-refractivity contribution in [1.82, 2.24) is 19.7 Å². The van der Waals surface area contributed by atoms with Crippen molar-refractivity contribution in [2.24, 2.45) is 0 Å². The van der Waals surface area contributed by atoms with Gasteiger partial charge in [-0.15, -0.1) is 5.10 Å². The zero-order valence-electron chi connectivity index (χ0n) is 21.7. The fourth-order valence-electron chi connectivity index (χ4n) is 5.83. The van der Waals surface area contributed by atoms with Crippen LogP contribution in [0.25, 0.3) is 5.69 Å². The molecular formula is C28H38FN7O. The molecule has 3 aromatic rings. The number of anilines is 4. The molecule has 9 heteroatoms. The number of aromatic nitrogens is 3. The first kappa shape index (κ1) is 24.2. The zero-order valence-corrected chi connectivity index (χ0v) is 21.7. The van der Waals surface area contributed by atoms with E-state index in [-0.39, 0.29) is 7.24 Å². The monoisotopic (exact) mass is 507 g/mol. The molecule has 198 valence electrons. The maximum atomic E-state index is 14.6. The van der Waals surface area contributed by atoms with E-state index in [1.807, 2.05) is 6.07 Å². The average Bonchev–Trinajstić information content (AvgIpc) is 3.52. The molecule has 2 unspecified atom stereocenters. The Morgan fingerprint density at radius 3 is 2.57 bits per heavy atom. The number of halogens is 1.